The zero-order chi connectivity index (χ0) is 19.5. The molecule has 28 heavy (non-hydrogen) atoms. The molecule has 142 valence electrons. The van der Waals surface area contributed by atoms with Crippen LogP contribution in [0.5, 0.6) is 0 Å². The zero-order valence-corrected chi connectivity index (χ0v) is 16.2. The standard InChI is InChI=1S/C23H24N4O/c1-26(2)21-10-8-20(9-11-21)25-23(28)18-7-12-22(24-15-18)27-14-13-17-5-3-4-6-19(17)16-27/h3-12,15H,13-14,16H2,1-2H3,(H,25,28). The van der Waals surface area contributed by atoms with Gasteiger partial charge in [-0.2, -0.15) is 0 Å². The summed E-state index contributed by atoms with van der Waals surface area (Å²) < 4.78 is 0. The zero-order valence-electron chi connectivity index (χ0n) is 16.2. The number of hydrogen-bond donors (Lipinski definition) is 1. The average molecular weight is 372 g/mol. The minimum atomic E-state index is -0.152. The Balaban J connectivity index is 1.42. The highest BCUT2D eigenvalue weighted by atomic mass is 16.1. The van der Waals surface area contributed by atoms with Crippen molar-refractivity contribution in [1.29, 1.82) is 0 Å². The van der Waals surface area contributed by atoms with Gasteiger partial charge in [0.25, 0.3) is 5.91 Å². The second kappa shape index (κ2) is 7.72. The van der Waals surface area contributed by atoms with E-state index in [-0.39, 0.29) is 5.91 Å². The maximum Gasteiger partial charge on any atom is 0.257 e. The SMILES string of the molecule is CN(C)c1ccc(NC(=O)c2ccc(N3CCc4ccccc4C3)nc2)cc1. The van der Waals surface area contributed by atoms with Gasteiger partial charge in [0.15, 0.2) is 0 Å². The molecular formula is C23H24N4O. The number of amides is 1. The van der Waals surface area contributed by atoms with Crippen molar-refractivity contribution in [2.24, 2.45) is 0 Å². The number of pyridine rings is 1. The van der Waals surface area contributed by atoms with E-state index in [1.54, 1.807) is 6.20 Å². The van der Waals surface area contributed by atoms with E-state index in [9.17, 15) is 4.79 Å². The van der Waals surface area contributed by atoms with Crippen LogP contribution in [-0.4, -0.2) is 31.5 Å². The molecular weight excluding hydrogens is 348 g/mol. The Morgan fingerprint density at radius 1 is 1.00 bits per heavy atom. The monoisotopic (exact) mass is 372 g/mol. The molecule has 0 unspecified atom stereocenters. The fourth-order valence-electron chi connectivity index (χ4n) is 3.44. The summed E-state index contributed by atoms with van der Waals surface area (Å²) in [7, 11) is 3.98. The summed E-state index contributed by atoms with van der Waals surface area (Å²) >= 11 is 0. The van der Waals surface area contributed by atoms with E-state index >= 15 is 0 Å². The Bertz CT molecular complexity index is 965. The Labute approximate surface area is 165 Å². The molecule has 1 N–H and O–H groups in total. The minimum Gasteiger partial charge on any atom is -0.378 e. The number of nitrogens with zero attached hydrogens (tertiary/aromatic N) is 3. The van der Waals surface area contributed by atoms with Gasteiger partial charge in [0.2, 0.25) is 0 Å². The topological polar surface area (TPSA) is 48.5 Å². The van der Waals surface area contributed by atoms with Gasteiger partial charge in [0, 0.05) is 44.8 Å². The predicted octanol–water partition coefficient (Wildman–Crippen LogP) is 3.96. The summed E-state index contributed by atoms with van der Waals surface area (Å²) in [6.07, 6.45) is 2.67. The highest BCUT2D eigenvalue weighted by molar-refractivity contribution is 6.04. The Morgan fingerprint density at radius 2 is 1.75 bits per heavy atom. The summed E-state index contributed by atoms with van der Waals surface area (Å²) in [4.78, 5) is 21.3. The minimum absolute atomic E-state index is 0.152. The van der Waals surface area contributed by atoms with Crippen LogP contribution < -0.4 is 15.1 Å². The van der Waals surface area contributed by atoms with Crippen molar-refractivity contribution in [2.75, 3.05) is 35.8 Å². The van der Waals surface area contributed by atoms with Gasteiger partial charge in [-0.05, 0) is 53.9 Å². The first kappa shape index (κ1) is 18.0. The van der Waals surface area contributed by atoms with E-state index in [0.717, 1.165) is 36.7 Å². The van der Waals surface area contributed by atoms with E-state index in [4.69, 9.17) is 0 Å². The molecule has 0 radical (unpaired) electrons. The number of rotatable bonds is 4. The summed E-state index contributed by atoms with van der Waals surface area (Å²) in [5, 5.41) is 2.93. The highest BCUT2D eigenvalue weighted by Crippen LogP contribution is 2.23. The van der Waals surface area contributed by atoms with Gasteiger partial charge in [-0.15, -0.1) is 0 Å². The summed E-state index contributed by atoms with van der Waals surface area (Å²) in [6, 6.07) is 20.1. The molecule has 4 rings (SSSR count). The van der Waals surface area contributed by atoms with Crippen LogP contribution in [0.2, 0.25) is 0 Å². The summed E-state index contributed by atoms with van der Waals surface area (Å²) in [5.74, 6) is 0.752. The molecule has 0 saturated heterocycles. The number of anilines is 3. The van der Waals surface area contributed by atoms with Crippen molar-refractivity contribution in [3.05, 3.63) is 83.6 Å². The first-order valence-corrected chi connectivity index (χ1v) is 9.47. The van der Waals surface area contributed by atoms with Crippen LogP contribution in [0.15, 0.2) is 66.9 Å². The first-order valence-electron chi connectivity index (χ1n) is 9.47. The molecule has 1 amide bonds. The molecule has 0 saturated carbocycles. The number of benzene rings is 2. The summed E-state index contributed by atoms with van der Waals surface area (Å²) in [5.41, 5.74) is 5.17. The number of carbonyl (C=O) groups is 1. The second-order valence-electron chi connectivity index (χ2n) is 7.24. The van der Waals surface area contributed by atoms with Crippen LogP contribution in [0, 0.1) is 0 Å². The Hall–Kier alpha value is -3.34. The average Bonchev–Trinajstić information content (AvgIpc) is 2.74. The number of fused-ring (bicyclic) bond motifs is 1. The lowest BCUT2D eigenvalue weighted by Crippen LogP contribution is -2.31. The van der Waals surface area contributed by atoms with Gasteiger partial charge in [-0.3, -0.25) is 4.79 Å². The number of hydrogen-bond acceptors (Lipinski definition) is 4. The largest absolute Gasteiger partial charge is 0.378 e. The lowest BCUT2D eigenvalue weighted by atomic mass is 10.00. The second-order valence-corrected chi connectivity index (χ2v) is 7.24. The first-order chi connectivity index (χ1) is 13.6. The molecule has 1 aliphatic heterocycles. The van der Waals surface area contributed by atoms with E-state index in [1.807, 2.05) is 55.4 Å². The van der Waals surface area contributed by atoms with Gasteiger partial charge in [-0.25, -0.2) is 4.98 Å². The van der Waals surface area contributed by atoms with E-state index < -0.39 is 0 Å². The van der Waals surface area contributed by atoms with Crippen LogP contribution in [0.4, 0.5) is 17.2 Å². The molecule has 1 aromatic heterocycles. The highest BCUT2D eigenvalue weighted by Gasteiger charge is 2.17. The fraction of sp³-hybridized carbons (Fsp3) is 0.217. The molecule has 0 spiro atoms. The number of nitrogens with one attached hydrogen (secondary N) is 1. The van der Waals surface area contributed by atoms with E-state index in [1.165, 1.54) is 11.1 Å². The molecule has 0 fully saturated rings. The number of aromatic nitrogens is 1. The van der Waals surface area contributed by atoms with Gasteiger partial charge in [0.1, 0.15) is 5.82 Å². The third kappa shape index (κ3) is 3.83. The maximum absolute atomic E-state index is 12.5. The van der Waals surface area contributed by atoms with Crippen molar-refractivity contribution >= 4 is 23.1 Å². The molecule has 5 heteroatoms. The van der Waals surface area contributed by atoms with Gasteiger partial charge in [-0.1, -0.05) is 24.3 Å². The van der Waals surface area contributed by atoms with Crippen molar-refractivity contribution in [3.8, 4) is 0 Å². The fourth-order valence-corrected chi connectivity index (χ4v) is 3.44. The van der Waals surface area contributed by atoms with Crippen LogP contribution in [-0.2, 0) is 13.0 Å². The van der Waals surface area contributed by atoms with Crippen molar-refractivity contribution < 1.29 is 4.79 Å². The van der Waals surface area contributed by atoms with Crippen LogP contribution in [0.1, 0.15) is 21.5 Å². The third-order valence-electron chi connectivity index (χ3n) is 5.11. The van der Waals surface area contributed by atoms with E-state index in [2.05, 4.69) is 39.5 Å². The van der Waals surface area contributed by atoms with Crippen molar-refractivity contribution in [1.82, 2.24) is 4.98 Å². The van der Waals surface area contributed by atoms with Crippen molar-refractivity contribution in [2.45, 2.75) is 13.0 Å². The Kier molecular flexibility index (Phi) is 4.98. The Morgan fingerprint density at radius 3 is 2.43 bits per heavy atom. The van der Waals surface area contributed by atoms with Crippen molar-refractivity contribution in [3.63, 3.8) is 0 Å². The van der Waals surface area contributed by atoms with Gasteiger partial charge in [0.05, 0.1) is 5.56 Å². The smallest absolute Gasteiger partial charge is 0.257 e. The van der Waals surface area contributed by atoms with Crippen LogP contribution >= 0.6 is 0 Å². The lowest BCUT2D eigenvalue weighted by Gasteiger charge is -2.29. The lowest BCUT2D eigenvalue weighted by molar-refractivity contribution is 0.102. The normalized spacial score (nSPS) is 13.0. The number of carbonyl (C=O) groups excluding carboxylic acids is 1. The van der Waals surface area contributed by atoms with Gasteiger partial charge >= 0.3 is 0 Å². The molecule has 2 heterocycles. The quantitative estimate of drug-likeness (QED) is 0.753. The van der Waals surface area contributed by atoms with Crippen LogP contribution in [0.25, 0.3) is 0 Å². The van der Waals surface area contributed by atoms with E-state index in [0.29, 0.717) is 5.56 Å². The molecule has 2 aromatic carbocycles. The molecule has 1 aliphatic rings. The molecule has 0 atom stereocenters. The van der Waals surface area contributed by atoms with Crippen LogP contribution in [0.3, 0.4) is 0 Å². The third-order valence-corrected chi connectivity index (χ3v) is 5.11. The molecule has 0 aliphatic carbocycles. The predicted molar refractivity (Wildman–Crippen MR) is 114 cm³/mol. The van der Waals surface area contributed by atoms with Gasteiger partial charge < -0.3 is 15.1 Å². The molecule has 0 bridgehead atoms. The summed E-state index contributed by atoms with van der Waals surface area (Å²) in [6.45, 7) is 1.79. The molecule has 3 aromatic rings. The maximum atomic E-state index is 12.5. The molecule has 5 nitrogen and oxygen atoms in total.